The van der Waals surface area contributed by atoms with E-state index < -0.39 is 0 Å². The van der Waals surface area contributed by atoms with Crippen molar-refractivity contribution in [1.29, 1.82) is 0 Å². The molecule has 0 amide bonds. The molecule has 86 valence electrons. The molecule has 1 aromatic carbocycles. The van der Waals surface area contributed by atoms with Crippen LogP contribution in [-0.4, -0.2) is 14.5 Å². The molecule has 3 aromatic rings. The van der Waals surface area contributed by atoms with E-state index in [1.807, 2.05) is 27.6 Å². The Hall–Kier alpha value is -1.88. The molecule has 0 bridgehead atoms. The van der Waals surface area contributed by atoms with Gasteiger partial charge < -0.3 is 10.3 Å². The maximum Gasteiger partial charge on any atom is 0.201 e. The van der Waals surface area contributed by atoms with Gasteiger partial charge in [-0.15, -0.1) is 11.3 Å². The van der Waals surface area contributed by atoms with Crippen molar-refractivity contribution in [1.82, 2.24) is 14.5 Å². The fourth-order valence-corrected chi connectivity index (χ4v) is 2.44. The molecule has 0 aliphatic heterocycles. The number of hydrogen-bond donors (Lipinski definition) is 1. The summed E-state index contributed by atoms with van der Waals surface area (Å²) in [7, 11) is 0. The van der Waals surface area contributed by atoms with Crippen LogP contribution in [0.4, 0.5) is 5.95 Å². The predicted molar refractivity (Wildman–Crippen MR) is 70.1 cm³/mol. The minimum absolute atomic E-state index is 0.540. The molecule has 2 heterocycles. The summed E-state index contributed by atoms with van der Waals surface area (Å²) >= 11 is 1.59. The van der Waals surface area contributed by atoms with Crippen molar-refractivity contribution >= 4 is 28.3 Å². The molecule has 0 unspecified atom stereocenters. The highest BCUT2D eigenvalue weighted by Gasteiger charge is 2.09. The van der Waals surface area contributed by atoms with E-state index in [4.69, 9.17) is 5.73 Å². The van der Waals surface area contributed by atoms with E-state index in [0.717, 1.165) is 16.7 Å². The Bertz CT molecular complexity index is 655. The monoisotopic (exact) mass is 244 g/mol. The second kappa shape index (κ2) is 3.85. The molecule has 3 rings (SSSR count). The molecule has 17 heavy (non-hydrogen) atoms. The molecule has 0 radical (unpaired) electrons. The standard InChI is InChI=1S/C12H12N4S/c1-8-2-3-10-11(4-8)16(12(13)15-10)5-9-6-17-7-14-9/h2-4,6-7H,5H2,1H3,(H2,13,15). The van der Waals surface area contributed by atoms with E-state index in [9.17, 15) is 0 Å². The quantitative estimate of drug-likeness (QED) is 0.753. The van der Waals surface area contributed by atoms with Crippen LogP contribution in [0.15, 0.2) is 29.1 Å². The minimum atomic E-state index is 0.540. The van der Waals surface area contributed by atoms with Crippen LogP contribution in [0, 0.1) is 6.92 Å². The Morgan fingerprint density at radius 2 is 2.29 bits per heavy atom. The summed E-state index contributed by atoms with van der Waals surface area (Å²) in [6.45, 7) is 2.74. The summed E-state index contributed by atoms with van der Waals surface area (Å²) in [5, 5.41) is 2.03. The predicted octanol–water partition coefficient (Wildman–Crippen LogP) is 2.43. The van der Waals surface area contributed by atoms with Gasteiger partial charge >= 0.3 is 0 Å². The first kappa shape index (κ1) is 10.3. The van der Waals surface area contributed by atoms with Gasteiger partial charge in [0.25, 0.3) is 0 Å². The van der Waals surface area contributed by atoms with Crippen molar-refractivity contribution in [3.63, 3.8) is 0 Å². The van der Waals surface area contributed by atoms with Crippen molar-refractivity contribution in [2.45, 2.75) is 13.5 Å². The summed E-state index contributed by atoms with van der Waals surface area (Å²) in [4.78, 5) is 8.63. The van der Waals surface area contributed by atoms with Crippen LogP contribution in [0.25, 0.3) is 11.0 Å². The molecule has 4 nitrogen and oxygen atoms in total. The molecule has 0 saturated carbocycles. The Kier molecular flexibility index (Phi) is 2.33. The number of anilines is 1. The van der Waals surface area contributed by atoms with Gasteiger partial charge in [-0.2, -0.15) is 0 Å². The Balaban J connectivity index is 2.14. The zero-order chi connectivity index (χ0) is 11.8. The van der Waals surface area contributed by atoms with Crippen LogP contribution in [0.2, 0.25) is 0 Å². The number of aromatic nitrogens is 3. The zero-order valence-corrected chi connectivity index (χ0v) is 10.2. The van der Waals surface area contributed by atoms with Crippen molar-refractivity contribution in [2.24, 2.45) is 0 Å². The number of nitrogens with zero attached hydrogens (tertiary/aromatic N) is 3. The number of benzene rings is 1. The summed E-state index contributed by atoms with van der Waals surface area (Å²) in [6.07, 6.45) is 0. The van der Waals surface area contributed by atoms with Crippen molar-refractivity contribution in [3.8, 4) is 0 Å². The summed E-state index contributed by atoms with van der Waals surface area (Å²) in [6, 6.07) is 6.14. The fourth-order valence-electron chi connectivity index (χ4n) is 1.90. The third-order valence-electron chi connectivity index (χ3n) is 2.74. The second-order valence-electron chi connectivity index (χ2n) is 4.03. The van der Waals surface area contributed by atoms with Crippen LogP contribution in [0.3, 0.4) is 0 Å². The zero-order valence-electron chi connectivity index (χ0n) is 9.42. The van der Waals surface area contributed by atoms with Crippen LogP contribution in [0.5, 0.6) is 0 Å². The average molecular weight is 244 g/mol. The Morgan fingerprint density at radius 1 is 1.41 bits per heavy atom. The molecule has 0 spiro atoms. The van der Waals surface area contributed by atoms with Crippen LogP contribution in [-0.2, 0) is 6.54 Å². The molecule has 2 N–H and O–H groups in total. The van der Waals surface area contributed by atoms with Crippen LogP contribution < -0.4 is 5.73 Å². The second-order valence-corrected chi connectivity index (χ2v) is 4.75. The summed E-state index contributed by atoms with van der Waals surface area (Å²) < 4.78 is 2.00. The smallest absolute Gasteiger partial charge is 0.201 e. The number of hydrogen-bond acceptors (Lipinski definition) is 4. The number of thiazole rings is 1. The number of imidazole rings is 1. The lowest BCUT2D eigenvalue weighted by molar-refractivity contribution is 0.816. The van der Waals surface area contributed by atoms with E-state index in [1.54, 1.807) is 11.3 Å². The maximum atomic E-state index is 5.95. The van der Waals surface area contributed by atoms with Crippen LogP contribution >= 0.6 is 11.3 Å². The first-order valence-corrected chi connectivity index (χ1v) is 6.28. The SMILES string of the molecule is Cc1ccc2nc(N)n(Cc3cscn3)c2c1. The first-order valence-electron chi connectivity index (χ1n) is 5.33. The third kappa shape index (κ3) is 1.78. The highest BCUT2D eigenvalue weighted by atomic mass is 32.1. The van der Waals surface area contributed by atoms with Gasteiger partial charge in [0.05, 0.1) is 28.8 Å². The average Bonchev–Trinajstić information content (AvgIpc) is 2.90. The number of fused-ring (bicyclic) bond motifs is 1. The third-order valence-corrected chi connectivity index (χ3v) is 3.37. The molecule has 0 aliphatic carbocycles. The highest BCUT2D eigenvalue weighted by Crippen LogP contribution is 2.20. The molecular weight excluding hydrogens is 232 g/mol. The Morgan fingerprint density at radius 3 is 3.06 bits per heavy atom. The van der Waals surface area contributed by atoms with Crippen molar-refractivity contribution < 1.29 is 0 Å². The van der Waals surface area contributed by atoms with Gasteiger partial charge in [-0.25, -0.2) is 9.97 Å². The lowest BCUT2D eigenvalue weighted by atomic mass is 10.2. The molecule has 0 atom stereocenters. The lowest BCUT2D eigenvalue weighted by Gasteiger charge is -2.04. The molecule has 2 aromatic heterocycles. The van der Waals surface area contributed by atoms with Crippen molar-refractivity contribution in [3.05, 3.63) is 40.3 Å². The fraction of sp³-hybridized carbons (Fsp3) is 0.167. The summed E-state index contributed by atoms with van der Waals surface area (Å²) in [5.41, 5.74) is 12.0. The lowest BCUT2D eigenvalue weighted by Crippen LogP contribution is -2.04. The maximum absolute atomic E-state index is 5.95. The van der Waals surface area contributed by atoms with Crippen molar-refractivity contribution in [2.75, 3.05) is 5.73 Å². The minimum Gasteiger partial charge on any atom is -0.369 e. The molecule has 0 saturated heterocycles. The van der Waals surface area contributed by atoms with Gasteiger partial charge in [0.1, 0.15) is 0 Å². The number of aryl methyl sites for hydroxylation is 1. The van der Waals surface area contributed by atoms with E-state index >= 15 is 0 Å². The topological polar surface area (TPSA) is 56.7 Å². The van der Waals surface area contributed by atoms with Gasteiger partial charge in [-0.05, 0) is 24.6 Å². The molecule has 0 aliphatic rings. The van der Waals surface area contributed by atoms with E-state index in [-0.39, 0.29) is 0 Å². The van der Waals surface area contributed by atoms with E-state index in [0.29, 0.717) is 12.5 Å². The largest absolute Gasteiger partial charge is 0.369 e. The van der Waals surface area contributed by atoms with Gasteiger partial charge in [-0.3, -0.25) is 0 Å². The highest BCUT2D eigenvalue weighted by molar-refractivity contribution is 7.07. The Labute approximate surface area is 103 Å². The number of nitrogen functional groups attached to an aromatic ring is 1. The van der Waals surface area contributed by atoms with Gasteiger partial charge in [0, 0.05) is 5.38 Å². The van der Waals surface area contributed by atoms with Gasteiger partial charge in [0.2, 0.25) is 5.95 Å². The van der Waals surface area contributed by atoms with Crippen LogP contribution in [0.1, 0.15) is 11.3 Å². The first-order chi connectivity index (χ1) is 8.24. The normalized spacial score (nSPS) is 11.1. The number of rotatable bonds is 2. The molecular formula is C12H12N4S. The van der Waals surface area contributed by atoms with E-state index in [2.05, 4.69) is 23.0 Å². The van der Waals surface area contributed by atoms with E-state index in [1.165, 1.54) is 5.56 Å². The molecule has 0 fully saturated rings. The van der Waals surface area contributed by atoms with Gasteiger partial charge in [-0.1, -0.05) is 6.07 Å². The summed E-state index contributed by atoms with van der Waals surface area (Å²) in [5.74, 6) is 0.540. The van der Waals surface area contributed by atoms with Gasteiger partial charge in [0.15, 0.2) is 0 Å². The number of nitrogens with two attached hydrogens (primary N) is 1. The molecule has 5 heteroatoms.